The number of aromatic nitrogens is 3. The molecule has 0 aliphatic carbocycles. The van der Waals surface area contributed by atoms with Gasteiger partial charge in [0.25, 0.3) is 5.91 Å². The predicted molar refractivity (Wildman–Crippen MR) is 109 cm³/mol. The van der Waals surface area contributed by atoms with Crippen LogP contribution in [0.1, 0.15) is 22.3 Å². The molecule has 0 radical (unpaired) electrons. The van der Waals surface area contributed by atoms with Gasteiger partial charge in [0.1, 0.15) is 0 Å². The lowest BCUT2D eigenvalue weighted by molar-refractivity contribution is 0.0783. The highest BCUT2D eigenvalue weighted by Gasteiger charge is 2.27. The third-order valence-corrected chi connectivity index (χ3v) is 5.36. The molecule has 144 valence electrons. The lowest BCUT2D eigenvalue weighted by atomic mass is 10.1. The quantitative estimate of drug-likeness (QED) is 0.688. The van der Waals surface area contributed by atoms with Gasteiger partial charge in [-0.2, -0.15) is 0 Å². The van der Waals surface area contributed by atoms with Gasteiger partial charge in [-0.1, -0.05) is 18.2 Å². The Hall–Kier alpha value is -2.99. The summed E-state index contributed by atoms with van der Waals surface area (Å²) in [6, 6.07) is 12.3. The first-order valence-electron chi connectivity index (χ1n) is 9.57. The van der Waals surface area contributed by atoms with Gasteiger partial charge in [0, 0.05) is 55.4 Å². The number of nitrogens with zero attached hydrogens (tertiary/aromatic N) is 5. The van der Waals surface area contributed by atoms with Crippen LogP contribution in [-0.4, -0.2) is 63.5 Å². The maximum atomic E-state index is 12.7. The van der Waals surface area contributed by atoms with E-state index in [2.05, 4.69) is 35.0 Å². The first kappa shape index (κ1) is 18.4. The van der Waals surface area contributed by atoms with E-state index < -0.39 is 0 Å². The van der Waals surface area contributed by atoms with Crippen LogP contribution in [0.15, 0.2) is 61.3 Å². The molecule has 6 heteroatoms. The molecule has 0 saturated carbocycles. The molecule has 1 aliphatic heterocycles. The van der Waals surface area contributed by atoms with Crippen LogP contribution in [0.5, 0.6) is 0 Å². The van der Waals surface area contributed by atoms with E-state index in [-0.39, 0.29) is 5.91 Å². The van der Waals surface area contributed by atoms with Gasteiger partial charge in [0.05, 0.1) is 12.0 Å². The summed E-state index contributed by atoms with van der Waals surface area (Å²) in [6.07, 6.45) is 8.43. The molecule has 0 spiro atoms. The molecule has 28 heavy (non-hydrogen) atoms. The maximum Gasteiger partial charge on any atom is 0.253 e. The number of imidazole rings is 1. The molecular weight excluding hydrogens is 350 g/mol. The summed E-state index contributed by atoms with van der Waals surface area (Å²) in [5.41, 5.74) is 3.78. The Morgan fingerprint density at radius 3 is 2.61 bits per heavy atom. The van der Waals surface area contributed by atoms with Crippen LogP contribution < -0.4 is 0 Å². The van der Waals surface area contributed by atoms with Crippen molar-refractivity contribution in [3.05, 3.63) is 72.4 Å². The van der Waals surface area contributed by atoms with Crippen molar-refractivity contribution in [3.8, 4) is 11.3 Å². The van der Waals surface area contributed by atoms with Gasteiger partial charge in [-0.3, -0.25) is 9.78 Å². The van der Waals surface area contributed by atoms with E-state index in [0.717, 1.165) is 48.4 Å². The number of rotatable bonds is 5. The molecule has 1 amide bonds. The van der Waals surface area contributed by atoms with Crippen LogP contribution in [0.3, 0.4) is 0 Å². The summed E-state index contributed by atoms with van der Waals surface area (Å²) in [5.74, 6) is 0.111. The fraction of sp³-hybridized carbons (Fsp3) is 0.318. The van der Waals surface area contributed by atoms with Gasteiger partial charge in [0.15, 0.2) is 0 Å². The van der Waals surface area contributed by atoms with Crippen LogP contribution in [0.25, 0.3) is 11.3 Å². The lowest BCUT2D eigenvalue weighted by Crippen LogP contribution is -2.34. The lowest BCUT2D eigenvalue weighted by Gasteiger charge is -2.20. The first-order chi connectivity index (χ1) is 13.6. The highest BCUT2D eigenvalue weighted by Crippen LogP contribution is 2.21. The second-order valence-corrected chi connectivity index (χ2v) is 7.52. The molecule has 3 aromatic rings. The van der Waals surface area contributed by atoms with Crippen molar-refractivity contribution in [2.75, 3.05) is 27.2 Å². The number of hydrogen-bond acceptors (Lipinski definition) is 4. The van der Waals surface area contributed by atoms with Crippen molar-refractivity contribution in [1.29, 1.82) is 0 Å². The highest BCUT2D eigenvalue weighted by molar-refractivity contribution is 5.94. The molecule has 4 rings (SSSR count). The minimum atomic E-state index is 0.111. The number of likely N-dealkylation sites (N-methyl/N-ethyl adjacent to an activating group) is 1. The summed E-state index contributed by atoms with van der Waals surface area (Å²) >= 11 is 0. The average molecular weight is 375 g/mol. The molecule has 1 unspecified atom stereocenters. The minimum absolute atomic E-state index is 0.111. The summed E-state index contributed by atoms with van der Waals surface area (Å²) < 4.78 is 2.01. The first-order valence-corrected chi connectivity index (χ1v) is 9.57. The molecule has 0 bridgehead atoms. The zero-order valence-corrected chi connectivity index (χ0v) is 16.3. The molecule has 0 N–H and O–H groups in total. The normalized spacial score (nSPS) is 16.7. The smallest absolute Gasteiger partial charge is 0.253 e. The monoisotopic (exact) mass is 375 g/mol. The summed E-state index contributed by atoms with van der Waals surface area (Å²) in [7, 11) is 4.14. The van der Waals surface area contributed by atoms with E-state index in [4.69, 9.17) is 0 Å². The average Bonchev–Trinajstić information content (AvgIpc) is 3.40. The Morgan fingerprint density at radius 2 is 2.00 bits per heavy atom. The Balaban J connectivity index is 1.42. The van der Waals surface area contributed by atoms with E-state index >= 15 is 0 Å². The van der Waals surface area contributed by atoms with E-state index in [1.807, 2.05) is 52.2 Å². The number of pyridine rings is 1. The molecule has 1 fully saturated rings. The largest absolute Gasteiger partial charge is 0.337 e. The van der Waals surface area contributed by atoms with Crippen molar-refractivity contribution in [1.82, 2.24) is 24.3 Å². The van der Waals surface area contributed by atoms with Gasteiger partial charge in [-0.15, -0.1) is 0 Å². The van der Waals surface area contributed by atoms with Crippen molar-refractivity contribution in [2.24, 2.45) is 0 Å². The molecular formula is C22H25N5O. The SMILES string of the molecule is CN(C)C1CCN(C(=O)c2ccc(-c3ccc(Cn4ccnc4)cn3)cc2)C1. The zero-order valence-electron chi connectivity index (χ0n) is 16.3. The number of benzene rings is 1. The molecule has 1 aromatic carbocycles. The Kier molecular flexibility index (Phi) is 5.21. The van der Waals surface area contributed by atoms with E-state index in [0.29, 0.717) is 6.04 Å². The second kappa shape index (κ2) is 7.94. The van der Waals surface area contributed by atoms with Gasteiger partial charge in [-0.05, 0) is 44.3 Å². The van der Waals surface area contributed by atoms with Crippen LogP contribution in [-0.2, 0) is 6.54 Å². The summed E-state index contributed by atoms with van der Waals surface area (Å²) in [6.45, 7) is 2.38. The predicted octanol–water partition coefficient (Wildman–Crippen LogP) is 2.77. The van der Waals surface area contributed by atoms with Crippen LogP contribution in [0.2, 0.25) is 0 Å². The van der Waals surface area contributed by atoms with Crippen LogP contribution in [0.4, 0.5) is 0 Å². The zero-order chi connectivity index (χ0) is 19.5. The maximum absolute atomic E-state index is 12.7. The number of carbonyl (C=O) groups excluding carboxylic acids is 1. The number of amides is 1. The second-order valence-electron chi connectivity index (χ2n) is 7.52. The van der Waals surface area contributed by atoms with Gasteiger partial charge < -0.3 is 14.4 Å². The van der Waals surface area contributed by atoms with Gasteiger partial charge in [-0.25, -0.2) is 4.98 Å². The number of likely N-dealkylation sites (tertiary alicyclic amines) is 1. The van der Waals surface area contributed by atoms with Crippen molar-refractivity contribution in [2.45, 2.75) is 19.0 Å². The molecule has 3 heterocycles. The molecule has 6 nitrogen and oxygen atoms in total. The van der Waals surface area contributed by atoms with Crippen LogP contribution in [0, 0.1) is 0 Å². The van der Waals surface area contributed by atoms with Crippen molar-refractivity contribution < 1.29 is 4.79 Å². The van der Waals surface area contributed by atoms with Crippen molar-refractivity contribution >= 4 is 5.91 Å². The standard InChI is InChI=1S/C22H25N5O/c1-25(2)20-9-11-27(15-20)22(28)19-6-4-18(5-7-19)21-8-3-17(13-24-21)14-26-12-10-23-16-26/h3-8,10,12-13,16,20H,9,11,14-15H2,1-2H3. The van der Waals surface area contributed by atoms with E-state index in [1.54, 1.807) is 12.5 Å². The Morgan fingerprint density at radius 1 is 1.18 bits per heavy atom. The van der Waals surface area contributed by atoms with Crippen molar-refractivity contribution in [3.63, 3.8) is 0 Å². The Labute approximate surface area is 165 Å². The molecule has 1 saturated heterocycles. The summed E-state index contributed by atoms with van der Waals surface area (Å²) in [4.78, 5) is 25.5. The highest BCUT2D eigenvalue weighted by atomic mass is 16.2. The minimum Gasteiger partial charge on any atom is -0.337 e. The third-order valence-electron chi connectivity index (χ3n) is 5.36. The number of carbonyl (C=O) groups is 1. The molecule has 1 aliphatic rings. The topological polar surface area (TPSA) is 54.3 Å². The van der Waals surface area contributed by atoms with E-state index in [9.17, 15) is 4.79 Å². The van der Waals surface area contributed by atoms with Gasteiger partial charge in [0.2, 0.25) is 0 Å². The van der Waals surface area contributed by atoms with E-state index in [1.165, 1.54) is 0 Å². The molecule has 2 aromatic heterocycles. The number of hydrogen-bond donors (Lipinski definition) is 0. The van der Waals surface area contributed by atoms with Crippen LogP contribution >= 0.6 is 0 Å². The fourth-order valence-corrected chi connectivity index (χ4v) is 3.59. The van der Waals surface area contributed by atoms with Gasteiger partial charge >= 0.3 is 0 Å². The summed E-state index contributed by atoms with van der Waals surface area (Å²) in [5, 5.41) is 0. The fourth-order valence-electron chi connectivity index (χ4n) is 3.59. The Bertz CT molecular complexity index is 917. The molecule has 1 atom stereocenters. The third kappa shape index (κ3) is 3.97.